The summed E-state index contributed by atoms with van der Waals surface area (Å²) in [5, 5.41) is 3.70. The van der Waals surface area contributed by atoms with Crippen molar-refractivity contribution < 1.29 is 0 Å². The van der Waals surface area contributed by atoms with Crippen LogP contribution in [0.5, 0.6) is 0 Å². The Hall–Kier alpha value is 0.270. The third-order valence-corrected chi connectivity index (χ3v) is 5.36. The topological polar surface area (TPSA) is 15.3 Å². The van der Waals surface area contributed by atoms with Crippen molar-refractivity contribution in [2.75, 3.05) is 32.1 Å². The Labute approximate surface area is 125 Å². The molecule has 0 aromatic carbocycles. The lowest BCUT2D eigenvalue weighted by molar-refractivity contribution is 0.100. The molecule has 0 aromatic heterocycles. The molecule has 0 spiro atoms. The highest BCUT2D eigenvalue weighted by Crippen LogP contribution is 2.37. The maximum atomic E-state index is 3.70. The minimum Gasteiger partial charge on any atom is -0.314 e. The van der Waals surface area contributed by atoms with Crippen LogP contribution in [0, 0.1) is 5.41 Å². The fraction of sp³-hybridized carbons (Fsp3) is 1.00. The smallest absolute Gasteiger partial charge is 0.0155 e. The number of thioether (sulfide) groups is 1. The Morgan fingerprint density at radius 3 is 2.32 bits per heavy atom. The van der Waals surface area contributed by atoms with Gasteiger partial charge in [-0.25, -0.2) is 0 Å². The van der Waals surface area contributed by atoms with Crippen LogP contribution in [0.3, 0.4) is 0 Å². The van der Waals surface area contributed by atoms with Gasteiger partial charge in [-0.15, -0.1) is 0 Å². The average molecular weight is 287 g/mol. The molecule has 0 saturated heterocycles. The van der Waals surface area contributed by atoms with E-state index in [1.54, 1.807) is 0 Å². The molecule has 0 aliphatic heterocycles. The van der Waals surface area contributed by atoms with Crippen LogP contribution < -0.4 is 5.32 Å². The van der Waals surface area contributed by atoms with Gasteiger partial charge < -0.3 is 10.2 Å². The summed E-state index contributed by atoms with van der Waals surface area (Å²) in [5.74, 6) is 1.24. The van der Waals surface area contributed by atoms with E-state index in [1.807, 2.05) is 11.8 Å². The highest BCUT2D eigenvalue weighted by molar-refractivity contribution is 7.98. The zero-order valence-electron chi connectivity index (χ0n) is 13.7. The Balaban J connectivity index is 2.57. The molecule has 1 rings (SSSR count). The van der Waals surface area contributed by atoms with E-state index < -0.39 is 0 Å². The van der Waals surface area contributed by atoms with E-state index in [-0.39, 0.29) is 0 Å². The fourth-order valence-corrected chi connectivity index (χ4v) is 3.90. The maximum Gasteiger partial charge on any atom is 0.0155 e. The molecule has 1 fully saturated rings. The number of rotatable bonds is 8. The summed E-state index contributed by atoms with van der Waals surface area (Å²) < 4.78 is 0. The van der Waals surface area contributed by atoms with Crippen LogP contribution in [0.15, 0.2) is 0 Å². The highest BCUT2D eigenvalue weighted by Gasteiger charge is 2.33. The van der Waals surface area contributed by atoms with Crippen LogP contribution in [0.2, 0.25) is 0 Å². The van der Waals surface area contributed by atoms with E-state index in [0.717, 1.165) is 0 Å². The second-order valence-corrected chi connectivity index (χ2v) is 7.73. The number of nitrogens with zero attached hydrogens (tertiary/aromatic N) is 1. The Morgan fingerprint density at radius 1 is 1.16 bits per heavy atom. The number of hydrogen-bond donors (Lipinski definition) is 1. The van der Waals surface area contributed by atoms with Crippen molar-refractivity contribution in [1.82, 2.24) is 10.2 Å². The summed E-state index contributed by atoms with van der Waals surface area (Å²) in [6.07, 6.45) is 9.30. The molecule has 1 aliphatic rings. The van der Waals surface area contributed by atoms with Crippen molar-refractivity contribution in [1.29, 1.82) is 0 Å². The van der Waals surface area contributed by atoms with Crippen LogP contribution in [-0.2, 0) is 0 Å². The van der Waals surface area contributed by atoms with Crippen molar-refractivity contribution in [3.63, 3.8) is 0 Å². The van der Waals surface area contributed by atoms with Crippen LogP contribution in [0.1, 0.15) is 52.9 Å². The van der Waals surface area contributed by atoms with Gasteiger partial charge in [-0.3, -0.25) is 0 Å². The Morgan fingerprint density at radius 2 is 1.79 bits per heavy atom. The van der Waals surface area contributed by atoms with E-state index in [1.165, 1.54) is 50.9 Å². The van der Waals surface area contributed by atoms with Gasteiger partial charge >= 0.3 is 0 Å². The van der Waals surface area contributed by atoms with Gasteiger partial charge in [0.2, 0.25) is 0 Å². The minimum atomic E-state index is 0.518. The second-order valence-electron chi connectivity index (χ2n) is 6.82. The van der Waals surface area contributed by atoms with Crippen LogP contribution in [0.25, 0.3) is 0 Å². The van der Waals surface area contributed by atoms with E-state index in [4.69, 9.17) is 0 Å². The lowest BCUT2D eigenvalue weighted by Crippen LogP contribution is -2.48. The van der Waals surface area contributed by atoms with Crippen LogP contribution in [0.4, 0.5) is 0 Å². The maximum absolute atomic E-state index is 3.70. The largest absolute Gasteiger partial charge is 0.314 e. The molecule has 1 unspecified atom stereocenters. The molecule has 3 heteroatoms. The average Bonchev–Trinajstić information content (AvgIpc) is 2.38. The first kappa shape index (κ1) is 17.3. The molecule has 0 radical (unpaired) electrons. The quantitative estimate of drug-likeness (QED) is 0.734. The van der Waals surface area contributed by atoms with Gasteiger partial charge in [0, 0.05) is 30.9 Å². The third kappa shape index (κ3) is 6.05. The van der Waals surface area contributed by atoms with Gasteiger partial charge in [-0.2, -0.15) is 11.8 Å². The normalized spacial score (nSPS) is 21.0. The molecular formula is C16H34N2S. The van der Waals surface area contributed by atoms with E-state index in [0.29, 0.717) is 17.5 Å². The molecule has 0 bridgehead atoms. The summed E-state index contributed by atoms with van der Waals surface area (Å²) in [4.78, 5) is 2.59. The molecule has 0 aromatic rings. The van der Waals surface area contributed by atoms with E-state index in [9.17, 15) is 0 Å². The standard InChI is InChI=1S/C16H34N2S/c1-14(2)17-12-16(9-7-6-8-10-16)13-18(4)15(3)11-19-5/h14-15,17H,6-13H2,1-5H3. The van der Waals surface area contributed by atoms with Crippen molar-refractivity contribution in [2.45, 2.75) is 65.0 Å². The number of nitrogens with one attached hydrogen (secondary N) is 1. The highest BCUT2D eigenvalue weighted by atomic mass is 32.2. The lowest BCUT2D eigenvalue weighted by atomic mass is 9.73. The zero-order chi connectivity index (χ0) is 14.3. The molecule has 0 heterocycles. The summed E-state index contributed by atoms with van der Waals surface area (Å²) in [6, 6.07) is 1.29. The number of hydrogen-bond acceptors (Lipinski definition) is 3. The lowest BCUT2D eigenvalue weighted by Gasteiger charge is -2.42. The van der Waals surface area contributed by atoms with Crippen molar-refractivity contribution in [2.24, 2.45) is 5.41 Å². The second kappa shape index (κ2) is 8.53. The minimum absolute atomic E-state index is 0.518. The molecule has 1 saturated carbocycles. The van der Waals surface area contributed by atoms with Gasteiger partial charge in [-0.1, -0.05) is 33.1 Å². The van der Waals surface area contributed by atoms with Crippen LogP contribution >= 0.6 is 11.8 Å². The third-order valence-electron chi connectivity index (χ3n) is 4.54. The summed E-state index contributed by atoms with van der Waals surface area (Å²) in [6.45, 7) is 9.34. The summed E-state index contributed by atoms with van der Waals surface area (Å²) in [7, 11) is 2.31. The Kier molecular flexibility index (Phi) is 7.78. The molecule has 2 nitrogen and oxygen atoms in total. The molecule has 19 heavy (non-hydrogen) atoms. The predicted octanol–water partition coefficient (Wildman–Crippen LogP) is 3.62. The summed E-state index contributed by atoms with van der Waals surface area (Å²) in [5.41, 5.74) is 0.518. The molecule has 1 aliphatic carbocycles. The van der Waals surface area contributed by atoms with Gasteiger partial charge in [0.05, 0.1) is 0 Å². The van der Waals surface area contributed by atoms with E-state index >= 15 is 0 Å². The van der Waals surface area contributed by atoms with Crippen molar-refractivity contribution in [3.8, 4) is 0 Å². The summed E-state index contributed by atoms with van der Waals surface area (Å²) >= 11 is 1.96. The zero-order valence-corrected chi connectivity index (χ0v) is 14.5. The van der Waals surface area contributed by atoms with Gasteiger partial charge in [-0.05, 0) is 38.5 Å². The monoisotopic (exact) mass is 286 g/mol. The molecule has 1 N–H and O–H groups in total. The van der Waals surface area contributed by atoms with Crippen LogP contribution in [-0.4, -0.2) is 49.1 Å². The SMILES string of the molecule is CSCC(C)N(C)CC1(CNC(C)C)CCCCC1. The molecular weight excluding hydrogens is 252 g/mol. The fourth-order valence-electron chi connectivity index (χ4n) is 3.17. The Bertz CT molecular complexity index is 237. The van der Waals surface area contributed by atoms with E-state index in [2.05, 4.69) is 44.3 Å². The van der Waals surface area contributed by atoms with Crippen molar-refractivity contribution >= 4 is 11.8 Å². The van der Waals surface area contributed by atoms with Gasteiger partial charge in [0.1, 0.15) is 0 Å². The van der Waals surface area contributed by atoms with Crippen molar-refractivity contribution in [3.05, 3.63) is 0 Å². The molecule has 114 valence electrons. The van der Waals surface area contributed by atoms with Gasteiger partial charge in [0.15, 0.2) is 0 Å². The van der Waals surface area contributed by atoms with Gasteiger partial charge in [0.25, 0.3) is 0 Å². The first-order valence-corrected chi connectivity index (χ1v) is 9.31. The first-order valence-electron chi connectivity index (χ1n) is 7.92. The molecule has 0 amide bonds. The predicted molar refractivity (Wildman–Crippen MR) is 89.1 cm³/mol. The first-order chi connectivity index (χ1) is 8.99. The molecule has 1 atom stereocenters.